The minimum absolute atomic E-state index is 0.0332. The summed E-state index contributed by atoms with van der Waals surface area (Å²) in [6.07, 6.45) is -8.89. The van der Waals surface area contributed by atoms with E-state index in [0.717, 1.165) is 68.2 Å². The van der Waals surface area contributed by atoms with E-state index in [4.69, 9.17) is 14.7 Å². The maximum absolute atomic E-state index is 13.3. The Hall–Kier alpha value is -7.31. The smallest absolute Gasteiger partial charge is 0.416 e. The van der Waals surface area contributed by atoms with Crippen LogP contribution < -0.4 is 19.7 Å². The third kappa shape index (κ3) is 11.2. The number of ether oxygens (including phenoxy) is 2. The molecule has 7 rings (SSSR count). The van der Waals surface area contributed by atoms with Crippen molar-refractivity contribution in [3.63, 3.8) is 0 Å². The van der Waals surface area contributed by atoms with E-state index in [-0.39, 0.29) is 22.4 Å². The van der Waals surface area contributed by atoms with Crippen molar-refractivity contribution in [2.45, 2.75) is 18.9 Å². The molecule has 0 saturated carbocycles. The first-order valence-electron chi connectivity index (χ1n) is 19.4. The summed E-state index contributed by atoms with van der Waals surface area (Å²) < 4.78 is 87.5. The topological polar surface area (TPSA) is 115 Å². The van der Waals surface area contributed by atoms with E-state index in [9.17, 15) is 41.0 Å². The number of alkyl halides is 6. The van der Waals surface area contributed by atoms with Gasteiger partial charge in [-0.15, -0.1) is 0 Å². The molecule has 1 aliphatic heterocycles. The molecule has 0 aromatic heterocycles. The molecule has 0 unspecified atom stereocenters. The van der Waals surface area contributed by atoms with Crippen LogP contribution in [-0.2, 0) is 18.9 Å². The highest BCUT2D eigenvalue weighted by molar-refractivity contribution is 6.09. The molecule has 0 radical (unpaired) electrons. The number of hydrogen-bond acceptors (Lipinski definition) is 7. The number of piperazine rings is 1. The van der Waals surface area contributed by atoms with Gasteiger partial charge in [0.1, 0.15) is 11.5 Å². The van der Waals surface area contributed by atoms with Gasteiger partial charge < -0.3 is 24.8 Å². The average Bonchev–Trinajstić information content (AvgIpc) is 3.28. The Morgan fingerprint density at radius 1 is 0.667 bits per heavy atom. The molecule has 1 fully saturated rings. The lowest BCUT2D eigenvalue weighted by Crippen LogP contribution is -2.45. The SMILES string of the molecule is COc1cccc(C(=O)Nc2ccc(N3CCN(Cc4cccc(C#N)c4)CC3)cc2)c1-c1ccc(C(F)(F)F)cc1.COc1cccc(C(=O)O)c1-c1ccc(C(F)(F)F)cc1. The van der Waals surface area contributed by atoms with Gasteiger partial charge in [-0.3, -0.25) is 9.69 Å². The van der Waals surface area contributed by atoms with E-state index < -0.39 is 35.4 Å². The number of carboxylic acids is 1. The number of amides is 1. The number of hydrogen-bond donors (Lipinski definition) is 2. The minimum Gasteiger partial charge on any atom is -0.496 e. The number of nitrogens with zero attached hydrogens (tertiary/aromatic N) is 3. The predicted molar refractivity (Wildman–Crippen MR) is 227 cm³/mol. The first kappa shape index (κ1) is 45.2. The van der Waals surface area contributed by atoms with Gasteiger partial charge in [-0.1, -0.05) is 48.5 Å². The summed E-state index contributed by atoms with van der Waals surface area (Å²) in [6.45, 7) is 4.27. The second-order valence-electron chi connectivity index (χ2n) is 14.3. The Bertz CT molecular complexity index is 2580. The number of nitriles is 1. The Balaban J connectivity index is 0.000000264. The zero-order valence-electron chi connectivity index (χ0n) is 33.9. The fourth-order valence-electron chi connectivity index (χ4n) is 7.13. The van der Waals surface area contributed by atoms with Crippen molar-refractivity contribution in [2.24, 2.45) is 0 Å². The molecular formula is C48H40F6N4O5. The largest absolute Gasteiger partial charge is 0.496 e. The van der Waals surface area contributed by atoms with Crippen LogP contribution in [0.5, 0.6) is 11.5 Å². The molecule has 2 N–H and O–H groups in total. The van der Waals surface area contributed by atoms with Crippen molar-refractivity contribution in [1.82, 2.24) is 4.90 Å². The van der Waals surface area contributed by atoms with Gasteiger partial charge in [-0.2, -0.15) is 31.6 Å². The van der Waals surface area contributed by atoms with Crippen LogP contribution in [0.2, 0.25) is 0 Å². The van der Waals surface area contributed by atoms with Crippen LogP contribution in [-0.4, -0.2) is 62.3 Å². The fourth-order valence-corrected chi connectivity index (χ4v) is 7.13. The number of aromatic carboxylic acids is 1. The van der Waals surface area contributed by atoms with Gasteiger partial charge >= 0.3 is 18.3 Å². The van der Waals surface area contributed by atoms with Gasteiger partial charge in [-0.25, -0.2) is 4.79 Å². The summed E-state index contributed by atoms with van der Waals surface area (Å²) in [5.74, 6) is -0.904. The van der Waals surface area contributed by atoms with E-state index in [2.05, 4.69) is 21.2 Å². The first-order chi connectivity index (χ1) is 30.1. The highest BCUT2D eigenvalue weighted by Crippen LogP contribution is 2.38. The lowest BCUT2D eigenvalue weighted by molar-refractivity contribution is -0.138. The Morgan fingerprint density at radius 3 is 1.63 bits per heavy atom. The van der Waals surface area contributed by atoms with Crippen molar-refractivity contribution < 1.29 is 50.5 Å². The van der Waals surface area contributed by atoms with E-state index in [1.807, 2.05) is 48.5 Å². The summed E-state index contributed by atoms with van der Waals surface area (Å²) in [6, 6.07) is 35.8. The summed E-state index contributed by atoms with van der Waals surface area (Å²) in [5, 5.41) is 21.2. The van der Waals surface area contributed by atoms with Crippen molar-refractivity contribution in [2.75, 3.05) is 50.6 Å². The van der Waals surface area contributed by atoms with E-state index in [0.29, 0.717) is 33.7 Å². The molecule has 1 saturated heterocycles. The highest BCUT2D eigenvalue weighted by atomic mass is 19.4. The molecule has 9 nitrogen and oxygen atoms in total. The number of rotatable bonds is 10. The van der Waals surface area contributed by atoms with Crippen molar-refractivity contribution >= 4 is 23.3 Å². The van der Waals surface area contributed by atoms with Crippen molar-refractivity contribution in [3.8, 4) is 39.8 Å². The van der Waals surface area contributed by atoms with Crippen LogP contribution in [0.15, 0.2) is 133 Å². The molecule has 1 heterocycles. The van der Waals surface area contributed by atoms with Gasteiger partial charge in [0.2, 0.25) is 0 Å². The third-order valence-corrected chi connectivity index (χ3v) is 10.3. The number of carbonyl (C=O) groups excluding carboxylic acids is 1. The first-order valence-corrected chi connectivity index (χ1v) is 19.4. The van der Waals surface area contributed by atoms with Crippen molar-refractivity contribution in [1.29, 1.82) is 5.26 Å². The molecule has 324 valence electrons. The second-order valence-corrected chi connectivity index (χ2v) is 14.3. The maximum Gasteiger partial charge on any atom is 0.416 e. The standard InChI is InChI=1S/C33H29F3N4O2.C15H11F3O3/c1-42-30-7-3-6-29(31(30)25-8-10-26(11-9-25)33(34,35)36)32(41)38-27-12-14-28(15-13-27)40-18-16-39(17-19-40)22-24-5-2-4-23(20-24)21-37;1-21-12-4-2-3-11(14(19)20)13(12)9-5-7-10(8-6-9)15(16,17)18/h2-15,20H,16-19,22H2,1H3,(H,38,41);2-8H,1H3,(H,19,20). The molecule has 1 aliphatic rings. The normalized spacial score (nSPS) is 13.0. The quantitative estimate of drug-likeness (QED) is 0.131. The lowest BCUT2D eigenvalue weighted by Gasteiger charge is -2.36. The van der Waals surface area contributed by atoms with Crippen LogP contribution in [0.25, 0.3) is 22.3 Å². The predicted octanol–water partition coefficient (Wildman–Crippen LogP) is 10.9. The molecular weight excluding hydrogens is 827 g/mol. The van der Waals surface area contributed by atoms with Crippen LogP contribution in [0.3, 0.4) is 0 Å². The van der Waals surface area contributed by atoms with Crippen LogP contribution >= 0.6 is 0 Å². The summed E-state index contributed by atoms with van der Waals surface area (Å²) >= 11 is 0. The zero-order chi connectivity index (χ0) is 45.3. The van der Waals surface area contributed by atoms with Crippen molar-refractivity contribution in [3.05, 3.63) is 167 Å². The monoisotopic (exact) mass is 866 g/mol. The molecule has 15 heteroatoms. The Kier molecular flexibility index (Phi) is 14.1. The second kappa shape index (κ2) is 19.6. The van der Waals surface area contributed by atoms with E-state index in [1.165, 1.54) is 50.6 Å². The molecule has 0 atom stereocenters. The number of carboxylic acid groups (broad SMARTS) is 1. The molecule has 1 amide bonds. The Morgan fingerprint density at radius 2 is 1.16 bits per heavy atom. The van der Waals surface area contributed by atoms with Gasteiger partial charge in [0, 0.05) is 55.2 Å². The van der Waals surface area contributed by atoms with Crippen LogP contribution in [0, 0.1) is 11.3 Å². The summed E-state index contributed by atoms with van der Waals surface area (Å²) in [7, 11) is 2.82. The van der Waals surface area contributed by atoms with E-state index >= 15 is 0 Å². The number of benzene rings is 6. The molecule has 0 bridgehead atoms. The van der Waals surface area contributed by atoms with Crippen LogP contribution in [0.1, 0.15) is 43.0 Å². The minimum atomic E-state index is -4.45. The number of nitrogens with one attached hydrogen (secondary N) is 1. The molecule has 6 aromatic carbocycles. The van der Waals surface area contributed by atoms with Gasteiger partial charge in [0.25, 0.3) is 5.91 Å². The van der Waals surface area contributed by atoms with E-state index in [1.54, 1.807) is 24.3 Å². The van der Waals surface area contributed by atoms with Gasteiger partial charge in [-0.05, 0) is 102 Å². The number of anilines is 2. The molecule has 63 heavy (non-hydrogen) atoms. The summed E-state index contributed by atoms with van der Waals surface area (Å²) in [4.78, 5) is 29.2. The molecule has 0 aliphatic carbocycles. The number of methoxy groups -OCH3 is 2. The summed E-state index contributed by atoms with van der Waals surface area (Å²) in [5.41, 5.74) is 3.59. The fraction of sp³-hybridized carbons (Fsp3) is 0.188. The van der Waals surface area contributed by atoms with Crippen LogP contribution in [0.4, 0.5) is 37.7 Å². The molecule has 0 spiro atoms. The number of carbonyl (C=O) groups is 2. The average molecular weight is 867 g/mol. The highest BCUT2D eigenvalue weighted by Gasteiger charge is 2.31. The van der Waals surface area contributed by atoms with Gasteiger partial charge in [0.05, 0.1) is 48.1 Å². The third-order valence-electron chi connectivity index (χ3n) is 10.3. The maximum atomic E-state index is 13.3. The number of halogens is 6. The zero-order valence-corrected chi connectivity index (χ0v) is 33.9. The molecule has 6 aromatic rings. The lowest BCUT2D eigenvalue weighted by atomic mass is 9.96. The Labute approximate surface area is 359 Å². The van der Waals surface area contributed by atoms with Gasteiger partial charge in [0.15, 0.2) is 0 Å².